The number of rotatable bonds is 3. The van der Waals surface area contributed by atoms with Crippen LogP contribution in [0.5, 0.6) is 0 Å². The van der Waals surface area contributed by atoms with Crippen LogP contribution in [-0.2, 0) is 0 Å². The van der Waals surface area contributed by atoms with Gasteiger partial charge < -0.3 is 15.9 Å². The first-order chi connectivity index (χ1) is 9.76. The molecule has 20 heavy (non-hydrogen) atoms. The van der Waals surface area contributed by atoms with Crippen molar-refractivity contribution in [1.82, 2.24) is 15.0 Å². The third-order valence-corrected chi connectivity index (χ3v) is 3.49. The van der Waals surface area contributed by atoms with Crippen LogP contribution in [0.25, 0.3) is 11.0 Å². The molecule has 100 valence electrons. The van der Waals surface area contributed by atoms with Gasteiger partial charge >= 0.3 is 0 Å². The van der Waals surface area contributed by atoms with E-state index in [4.69, 9.17) is 10.9 Å². The molecule has 4 N–H and O–H groups in total. The van der Waals surface area contributed by atoms with E-state index in [1.54, 1.807) is 12.1 Å². The van der Waals surface area contributed by atoms with Crippen LogP contribution in [0, 0.1) is 0 Å². The summed E-state index contributed by atoms with van der Waals surface area (Å²) >= 11 is 1.39. The standard InChI is InChI=1S/C13H11N5OS/c14-12(18-19)10-6-3-7-11(15-10)20-13-16-8-4-1-2-5-9(8)17-13/h1-7,19H,(H2,14,18)(H,16,17). The number of aromatic amines is 1. The largest absolute Gasteiger partial charge is 0.409 e. The number of nitrogens with one attached hydrogen (secondary N) is 1. The molecule has 0 saturated carbocycles. The van der Waals surface area contributed by atoms with Gasteiger partial charge in [0.1, 0.15) is 10.7 Å². The fourth-order valence-corrected chi connectivity index (χ4v) is 2.54. The van der Waals surface area contributed by atoms with Crippen LogP contribution in [0.4, 0.5) is 0 Å². The molecule has 0 spiro atoms. The first-order valence-corrected chi connectivity index (χ1v) is 6.65. The van der Waals surface area contributed by atoms with Gasteiger partial charge in [-0.2, -0.15) is 0 Å². The average Bonchev–Trinajstić information content (AvgIpc) is 2.88. The van der Waals surface area contributed by atoms with Crippen LogP contribution < -0.4 is 5.73 Å². The maximum Gasteiger partial charge on any atom is 0.188 e. The fourth-order valence-electron chi connectivity index (χ4n) is 1.74. The molecule has 0 aliphatic rings. The predicted molar refractivity (Wildman–Crippen MR) is 77.0 cm³/mol. The minimum atomic E-state index is -0.0166. The van der Waals surface area contributed by atoms with Crippen molar-refractivity contribution in [2.24, 2.45) is 10.9 Å². The van der Waals surface area contributed by atoms with Gasteiger partial charge in [-0.25, -0.2) is 9.97 Å². The molecule has 6 nitrogen and oxygen atoms in total. The summed E-state index contributed by atoms with van der Waals surface area (Å²) in [6, 6.07) is 13.1. The second-order valence-corrected chi connectivity index (χ2v) is 5.02. The van der Waals surface area contributed by atoms with E-state index < -0.39 is 0 Å². The van der Waals surface area contributed by atoms with Gasteiger partial charge in [-0.1, -0.05) is 23.4 Å². The van der Waals surface area contributed by atoms with Gasteiger partial charge in [0, 0.05) is 0 Å². The van der Waals surface area contributed by atoms with Crippen molar-refractivity contribution >= 4 is 28.6 Å². The number of aromatic nitrogens is 3. The highest BCUT2D eigenvalue weighted by atomic mass is 32.2. The third kappa shape index (κ3) is 2.43. The second-order valence-electron chi connectivity index (χ2n) is 4.01. The molecule has 3 aromatic rings. The molecule has 0 radical (unpaired) electrons. The summed E-state index contributed by atoms with van der Waals surface area (Å²) in [4.78, 5) is 12.0. The van der Waals surface area contributed by atoms with Crippen LogP contribution in [0.3, 0.4) is 0 Å². The monoisotopic (exact) mass is 285 g/mol. The summed E-state index contributed by atoms with van der Waals surface area (Å²) in [6.45, 7) is 0. The SMILES string of the molecule is NC(=NO)c1cccc(Sc2nc3ccccc3[nH]2)n1. The Balaban J connectivity index is 1.90. The first-order valence-electron chi connectivity index (χ1n) is 5.84. The molecule has 0 fully saturated rings. The summed E-state index contributed by atoms with van der Waals surface area (Å²) in [5.74, 6) is -0.0166. The van der Waals surface area contributed by atoms with Gasteiger partial charge in [-0.3, -0.25) is 0 Å². The number of benzene rings is 1. The van der Waals surface area contributed by atoms with E-state index in [2.05, 4.69) is 20.1 Å². The number of nitrogens with zero attached hydrogens (tertiary/aromatic N) is 3. The quantitative estimate of drug-likeness (QED) is 0.296. The number of para-hydroxylation sites is 2. The van der Waals surface area contributed by atoms with Gasteiger partial charge in [0.05, 0.1) is 11.0 Å². The number of amidine groups is 1. The first kappa shape index (κ1) is 12.5. The van der Waals surface area contributed by atoms with E-state index in [-0.39, 0.29) is 5.84 Å². The minimum absolute atomic E-state index is 0.0166. The number of pyridine rings is 1. The van der Waals surface area contributed by atoms with Crippen LogP contribution in [0.1, 0.15) is 5.69 Å². The van der Waals surface area contributed by atoms with Crippen LogP contribution >= 0.6 is 11.8 Å². The van der Waals surface area contributed by atoms with Crippen LogP contribution in [-0.4, -0.2) is 26.0 Å². The van der Waals surface area contributed by atoms with E-state index in [1.165, 1.54) is 11.8 Å². The third-order valence-electron chi connectivity index (χ3n) is 2.66. The zero-order chi connectivity index (χ0) is 13.9. The van der Waals surface area contributed by atoms with Crippen LogP contribution in [0.2, 0.25) is 0 Å². The zero-order valence-corrected chi connectivity index (χ0v) is 11.1. The van der Waals surface area contributed by atoms with Gasteiger partial charge in [0.15, 0.2) is 11.0 Å². The Hall–Kier alpha value is -2.54. The molecule has 1 aromatic carbocycles. The molecule has 0 atom stereocenters. The van der Waals surface area contributed by atoms with Crippen molar-refractivity contribution in [1.29, 1.82) is 0 Å². The maximum atomic E-state index is 8.66. The Morgan fingerprint density at radius 1 is 1.15 bits per heavy atom. The maximum absolute atomic E-state index is 8.66. The molecule has 0 bridgehead atoms. The molecule has 0 aliphatic carbocycles. The number of hydrogen-bond acceptors (Lipinski definition) is 5. The molecule has 0 saturated heterocycles. The zero-order valence-electron chi connectivity index (χ0n) is 10.3. The number of oxime groups is 1. The van der Waals surface area contributed by atoms with Gasteiger partial charge in [-0.15, -0.1) is 0 Å². The average molecular weight is 285 g/mol. The molecule has 2 aromatic heterocycles. The minimum Gasteiger partial charge on any atom is -0.409 e. The van der Waals surface area contributed by atoms with Crippen molar-refractivity contribution in [2.45, 2.75) is 10.2 Å². The lowest BCUT2D eigenvalue weighted by atomic mass is 10.3. The Morgan fingerprint density at radius 3 is 2.80 bits per heavy atom. The lowest BCUT2D eigenvalue weighted by molar-refractivity contribution is 0.318. The molecule has 3 rings (SSSR count). The van der Waals surface area contributed by atoms with E-state index in [0.717, 1.165) is 16.2 Å². The highest BCUT2D eigenvalue weighted by Crippen LogP contribution is 2.25. The Kier molecular flexibility index (Phi) is 3.26. The van der Waals surface area contributed by atoms with E-state index in [0.29, 0.717) is 10.7 Å². The lowest BCUT2D eigenvalue weighted by Crippen LogP contribution is -2.14. The van der Waals surface area contributed by atoms with Gasteiger partial charge in [0.2, 0.25) is 0 Å². The van der Waals surface area contributed by atoms with E-state index >= 15 is 0 Å². The molecular weight excluding hydrogens is 274 g/mol. The van der Waals surface area contributed by atoms with Crippen molar-refractivity contribution < 1.29 is 5.21 Å². The summed E-state index contributed by atoms with van der Waals surface area (Å²) in [6.07, 6.45) is 0. The second kappa shape index (κ2) is 5.22. The lowest BCUT2D eigenvalue weighted by Gasteiger charge is -2.00. The highest BCUT2D eigenvalue weighted by molar-refractivity contribution is 7.99. The summed E-state index contributed by atoms with van der Waals surface area (Å²) in [5.41, 5.74) is 7.83. The summed E-state index contributed by atoms with van der Waals surface area (Å²) in [7, 11) is 0. The molecular formula is C13H11N5OS. The normalized spacial score (nSPS) is 11.9. The van der Waals surface area contributed by atoms with E-state index in [1.807, 2.05) is 30.3 Å². The Bertz CT molecular complexity index is 750. The van der Waals surface area contributed by atoms with Gasteiger partial charge in [0.25, 0.3) is 0 Å². The number of fused-ring (bicyclic) bond motifs is 1. The molecule has 0 amide bonds. The number of H-pyrrole nitrogens is 1. The van der Waals surface area contributed by atoms with Crippen LogP contribution in [0.15, 0.2) is 57.8 Å². The Morgan fingerprint density at radius 2 is 2.00 bits per heavy atom. The summed E-state index contributed by atoms with van der Waals surface area (Å²) in [5, 5.41) is 13.1. The molecule has 2 heterocycles. The van der Waals surface area contributed by atoms with Crippen molar-refractivity contribution in [3.05, 3.63) is 48.2 Å². The highest BCUT2D eigenvalue weighted by Gasteiger charge is 2.07. The number of nitrogens with two attached hydrogens (primary N) is 1. The topological polar surface area (TPSA) is 100 Å². The predicted octanol–water partition coefficient (Wildman–Crippen LogP) is 2.20. The van der Waals surface area contributed by atoms with Crippen molar-refractivity contribution in [2.75, 3.05) is 0 Å². The smallest absolute Gasteiger partial charge is 0.188 e. The summed E-state index contributed by atoms with van der Waals surface area (Å²) < 4.78 is 0. The molecule has 0 aliphatic heterocycles. The fraction of sp³-hybridized carbons (Fsp3) is 0. The van der Waals surface area contributed by atoms with Gasteiger partial charge in [-0.05, 0) is 36.0 Å². The number of hydrogen-bond donors (Lipinski definition) is 3. The molecule has 0 unspecified atom stereocenters. The molecule has 7 heteroatoms. The number of imidazole rings is 1. The Labute approximate surface area is 118 Å². The van der Waals surface area contributed by atoms with Crippen molar-refractivity contribution in [3.63, 3.8) is 0 Å². The van der Waals surface area contributed by atoms with E-state index in [9.17, 15) is 0 Å². The van der Waals surface area contributed by atoms with Crippen molar-refractivity contribution in [3.8, 4) is 0 Å².